The van der Waals surface area contributed by atoms with Crippen LogP contribution in [0.15, 0.2) is 0 Å². The van der Waals surface area contributed by atoms with Crippen molar-refractivity contribution in [3.63, 3.8) is 0 Å². The van der Waals surface area contributed by atoms with Crippen molar-refractivity contribution in [2.45, 2.75) is 65.8 Å². The summed E-state index contributed by atoms with van der Waals surface area (Å²) >= 11 is 0. The van der Waals surface area contributed by atoms with Crippen LogP contribution in [-0.2, 0) is 38.2 Å². The van der Waals surface area contributed by atoms with Gasteiger partial charge in [0.2, 0.25) is 12.2 Å². The summed E-state index contributed by atoms with van der Waals surface area (Å²) in [5.41, 5.74) is -0.870. The molecule has 142 valence electrons. The molecule has 0 aliphatic rings. The topological polar surface area (TPSA) is 133 Å². The van der Waals surface area contributed by atoms with Crippen molar-refractivity contribution in [1.82, 2.24) is 0 Å². The third-order valence-corrected chi connectivity index (χ3v) is 2.76. The van der Waals surface area contributed by atoms with E-state index in [1.165, 1.54) is 13.8 Å². The predicted octanol–water partition coefficient (Wildman–Crippen LogP) is 0.871. The molecule has 0 spiro atoms. The van der Waals surface area contributed by atoms with E-state index in [0.717, 1.165) is 6.92 Å². The number of carbonyl (C=O) groups excluding carboxylic acids is 4. The second-order valence-corrected chi connectivity index (χ2v) is 6.52. The lowest BCUT2D eigenvalue weighted by atomic mass is 10.0. The van der Waals surface area contributed by atoms with Crippen molar-refractivity contribution in [1.29, 1.82) is 0 Å². The monoisotopic (exact) mass is 360 g/mol. The summed E-state index contributed by atoms with van der Waals surface area (Å²) < 4.78 is 14.6. The second-order valence-electron chi connectivity index (χ2n) is 6.52. The number of ether oxygens (including phenoxy) is 3. The molecule has 0 saturated heterocycles. The molecule has 0 heterocycles. The Balaban J connectivity index is 5.23. The van der Waals surface area contributed by atoms with Gasteiger partial charge in [-0.05, 0) is 34.6 Å². The van der Waals surface area contributed by atoms with Crippen LogP contribution in [-0.4, -0.2) is 52.6 Å². The van der Waals surface area contributed by atoms with Crippen molar-refractivity contribution in [3.8, 4) is 0 Å². The molecule has 0 radical (unpaired) electrons. The highest BCUT2D eigenvalue weighted by atomic mass is 16.6. The Bertz CT molecular complexity index is 544. The predicted molar refractivity (Wildman–Crippen MR) is 83.4 cm³/mol. The summed E-state index contributed by atoms with van der Waals surface area (Å²) in [5.74, 6) is -6.28. The average molecular weight is 360 g/mol. The quantitative estimate of drug-likeness (QED) is 0.494. The van der Waals surface area contributed by atoms with Crippen molar-refractivity contribution >= 4 is 29.7 Å². The number of carboxylic acids is 1. The first-order chi connectivity index (χ1) is 11.2. The fourth-order valence-electron chi connectivity index (χ4n) is 1.72. The molecule has 0 rings (SSSR count). The molecule has 0 unspecified atom stereocenters. The summed E-state index contributed by atoms with van der Waals surface area (Å²) in [7, 11) is 0. The fraction of sp³-hybridized carbons (Fsp3) is 0.688. The van der Waals surface area contributed by atoms with Gasteiger partial charge in [0.25, 0.3) is 0 Å². The summed E-state index contributed by atoms with van der Waals surface area (Å²) in [6.45, 7) is 8.16. The minimum atomic E-state index is -1.78. The van der Waals surface area contributed by atoms with Gasteiger partial charge in [-0.15, -0.1) is 0 Å². The van der Waals surface area contributed by atoms with Crippen LogP contribution in [0.1, 0.15) is 48.0 Å². The lowest BCUT2D eigenvalue weighted by Crippen LogP contribution is -2.41. The molecule has 0 aromatic carbocycles. The number of hydrogen-bond donors (Lipinski definition) is 1. The van der Waals surface area contributed by atoms with E-state index in [9.17, 15) is 24.0 Å². The van der Waals surface area contributed by atoms with E-state index in [2.05, 4.69) is 4.74 Å². The first-order valence-electron chi connectivity index (χ1n) is 7.57. The molecule has 0 amide bonds. The maximum Gasteiger partial charge on any atom is 0.348 e. The summed E-state index contributed by atoms with van der Waals surface area (Å²) in [4.78, 5) is 57.6. The maximum absolute atomic E-state index is 12.1. The zero-order chi connectivity index (χ0) is 19.9. The number of rotatable bonds is 8. The molecule has 0 saturated carbocycles. The van der Waals surface area contributed by atoms with E-state index in [-0.39, 0.29) is 0 Å². The van der Waals surface area contributed by atoms with Crippen molar-refractivity contribution in [2.24, 2.45) is 5.92 Å². The normalized spacial score (nSPS) is 14.6. The molecule has 0 bridgehead atoms. The summed E-state index contributed by atoms with van der Waals surface area (Å²) in [6.07, 6.45) is -3.71. The molecule has 1 N–H and O–H groups in total. The Morgan fingerprint density at radius 3 is 1.84 bits per heavy atom. The molecule has 9 heteroatoms. The molecular formula is C16H24O9. The van der Waals surface area contributed by atoms with E-state index >= 15 is 0 Å². The first-order valence-corrected chi connectivity index (χ1v) is 7.57. The Morgan fingerprint density at radius 1 is 0.960 bits per heavy atom. The third-order valence-electron chi connectivity index (χ3n) is 2.76. The van der Waals surface area contributed by atoms with Crippen LogP contribution in [0.3, 0.4) is 0 Å². The van der Waals surface area contributed by atoms with Gasteiger partial charge in [-0.3, -0.25) is 14.4 Å². The highest BCUT2D eigenvalue weighted by Crippen LogP contribution is 2.16. The minimum Gasteiger partial charge on any atom is -0.478 e. The molecular weight excluding hydrogens is 336 g/mol. The molecule has 0 aliphatic carbocycles. The van der Waals surface area contributed by atoms with Crippen LogP contribution in [0.5, 0.6) is 0 Å². The molecule has 25 heavy (non-hydrogen) atoms. The number of aliphatic carboxylic acids is 1. The van der Waals surface area contributed by atoms with Crippen LogP contribution in [0, 0.1) is 5.92 Å². The van der Waals surface area contributed by atoms with Gasteiger partial charge in [0.15, 0.2) is 0 Å². The van der Waals surface area contributed by atoms with Crippen molar-refractivity contribution in [2.75, 3.05) is 0 Å². The second kappa shape index (κ2) is 9.14. The fourth-order valence-corrected chi connectivity index (χ4v) is 1.72. The van der Waals surface area contributed by atoms with Gasteiger partial charge in [-0.2, -0.15) is 0 Å². The Hall–Kier alpha value is -2.45. The van der Waals surface area contributed by atoms with Crippen LogP contribution in [0.2, 0.25) is 0 Å². The number of Topliss-reactive ketones (excluding diaryl/α,β-unsaturated/α-hetero) is 1. The number of ketones is 1. The van der Waals surface area contributed by atoms with Gasteiger partial charge in [0.05, 0.1) is 6.42 Å². The molecule has 3 atom stereocenters. The van der Waals surface area contributed by atoms with Crippen molar-refractivity contribution in [3.05, 3.63) is 0 Å². The van der Waals surface area contributed by atoms with Crippen molar-refractivity contribution < 1.29 is 43.3 Å². The van der Waals surface area contributed by atoms with Gasteiger partial charge in [0.1, 0.15) is 17.3 Å². The van der Waals surface area contributed by atoms with Crippen LogP contribution >= 0.6 is 0 Å². The highest BCUT2D eigenvalue weighted by Gasteiger charge is 2.37. The van der Waals surface area contributed by atoms with Gasteiger partial charge in [-0.25, -0.2) is 9.59 Å². The smallest absolute Gasteiger partial charge is 0.348 e. The summed E-state index contributed by atoms with van der Waals surface area (Å²) in [6, 6.07) is 0. The van der Waals surface area contributed by atoms with E-state index in [1.807, 2.05) is 0 Å². The summed E-state index contributed by atoms with van der Waals surface area (Å²) in [5, 5.41) is 9.05. The molecule has 9 nitrogen and oxygen atoms in total. The lowest BCUT2D eigenvalue weighted by Gasteiger charge is -2.25. The van der Waals surface area contributed by atoms with Gasteiger partial charge < -0.3 is 19.3 Å². The van der Waals surface area contributed by atoms with Gasteiger partial charge in [0, 0.05) is 6.92 Å². The minimum absolute atomic E-state index is 0.418. The zero-order valence-electron chi connectivity index (χ0n) is 15.2. The number of esters is 3. The maximum atomic E-state index is 12.1. The Morgan fingerprint density at radius 2 is 1.48 bits per heavy atom. The largest absolute Gasteiger partial charge is 0.478 e. The SMILES string of the molecule is CC(=O)C[C@H](OC(=O)[C@H](C)[C@@H](OC(C)=O)C(=O)O)C(=O)OC(C)(C)C. The van der Waals surface area contributed by atoms with Crippen LogP contribution in [0.4, 0.5) is 0 Å². The molecule has 0 aliphatic heterocycles. The molecule has 0 fully saturated rings. The number of hydrogen-bond acceptors (Lipinski definition) is 8. The third kappa shape index (κ3) is 8.83. The van der Waals surface area contributed by atoms with E-state index in [1.54, 1.807) is 20.8 Å². The average Bonchev–Trinajstić information content (AvgIpc) is 2.40. The highest BCUT2D eigenvalue weighted by molar-refractivity contribution is 5.88. The van der Waals surface area contributed by atoms with E-state index in [0.29, 0.717) is 0 Å². The molecule has 0 aromatic rings. The van der Waals surface area contributed by atoms with Crippen LogP contribution in [0.25, 0.3) is 0 Å². The van der Waals surface area contributed by atoms with E-state index in [4.69, 9.17) is 14.6 Å². The standard InChI is InChI=1S/C16H24O9/c1-8(17)7-11(15(22)25-16(4,5)6)24-14(21)9(2)12(13(19)20)23-10(3)18/h9,11-12H,7H2,1-6H3,(H,19,20)/t9-,11+,12-/m1/s1. The Labute approximate surface area is 145 Å². The van der Waals surface area contributed by atoms with Gasteiger partial charge >= 0.3 is 23.9 Å². The first kappa shape index (κ1) is 22.6. The number of carbonyl (C=O) groups is 5. The van der Waals surface area contributed by atoms with Crippen LogP contribution < -0.4 is 0 Å². The van der Waals surface area contributed by atoms with Gasteiger partial charge in [-0.1, -0.05) is 0 Å². The zero-order valence-corrected chi connectivity index (χ0v) is 15.2. The Kier molecular flexibility index (Phi) is 8.25. The molecule has 0 aromatic heterocycles. The lowest BCUT2D eigenvalue weighted by molar-refractivity contribution is -0.184. The van der Waals surface area contributed by atoms with E-state index < -0.39 is 59.8 Å². The number of carboxylic acid groups (broad SMARTS) is 1.